The van der Waals surface area contributed by atoms with E-state index in [1.165, 1.54) is 10.9 Å². The third kappa shape index (κ3) is 5.97. The third-order valence-electron chi connectivity index (χ3n) is 3.41. The van der Waals surface area contributed by atoms with Gasteiger partial charge in [0, 0.05) is 31.0 Å². The molecule has 0 unspecified atom stereocenters. The summed E-state index contributed by atoms with van der Waals surface area (Å²) in [5.41, 5.74) is 1.07. The van der Waals surface area contributed by atoms with Gasteiger partial charge in [-0.05, 0) is 26.0 Å². The van der Waals surface area contributed by atoms with Crippen LogP contribution in [0.3, 0.4) is 0 Å². The molecule has 136 valence electrons. The van der Waals surface area contributed by atoms with Gasteiger partial charge >= 0.3 is 0 Å². The summed E-state index contributed by atoms with van der Waals surface area (Å²) in [6, 6.07) is 3.24. The van der Waals surface area contributed by atoms with Crippen LogP contribution in [-0.2, 0) is 6.42 Å². The van der Waals surface area contributed by atoms with Gasteiger partial charge < -0.3 is 15.4 Å². The van der Waals surface area contributed by atoms with Gasteiger partial charge in [0.05, 0.1) is 17.2 Å². The van der Waals surface area contributed by atoms with E-state index < -0.39 is 11.6 Å². The van der Waals surface area contributed by atoms with E-state index in [-0.39, 0.29) is 12.4 Å². The zero-order chi connectivity index (χ0) is 18.2. The Bertz CT molecular complexity index is 733. The average Bonchev–Trinajstić information content (AvgIpc) is 2.89. The molecule has 1 heterocycles. The Balaban J connectivity index is 1.69. The number of thiazole rings is 1. The fraction of sp³-hybridized carbons (Fsp3) is 0.412. The van der Waals surface area contributed by atoms with E-state index in [2.05, 4.69) is 20.6 Å². The SMILES string of the molecule is CN=C(NCCOc1ccc(F)cc1F)NCCc1sc(C)nc1C. The maximum Gasteiger partial charge on any atom is 0.191 e. The van der Waals surface area contributed by atoms with Gasteiger partial charge in [0.2, 0.25) is 0 Å². The predicted molar refractivity (Wildman–Crippen MR) is 96.5 cm³/mol. The van der Waals surface area contributed by atoms with E-state index in [9.17, 15) is 8.78 Å². The van der Waals surface area contributed by atoms with Crippen molar-refractivity contribution < 1.29 is 13.5 Å². The number of aliphatic imine (C=N–C) groups is 1. The van der Waals surface area contributed by atoms with E-state index >= 15 is 0 Å². The molecule has 1 aromatic carbocycles. The minimum atomic E-state index is -0.710. The summed E-state index contributed by atoms with van der Waals surface area (Å²) in [4.78, 5) is 9.79. The molecule has 5 nitrogen and oxygen atoms in total. The lowest BCUT2D eigenvalue weighted by atomic mass is 10.3. The standard InChI is InChI=1S/C17H22F2N4OS/c1-11-16(25-12(2)23-11)6-7-21-17(20-3)22-8-9-24-15-5-4-13(18)10-14(15)19/h4-5,10H,6-9H2,1-3H3,(H2,20,21,22). The van der Waals surface area contributed by atoms with Crippen molar-refractivity contribution in [2.24, 2.45) is 4.99 Å². The Hall–Kier alpha value is -2.22. The van der Waals surface area contributed by atoms with Gasteiger partial charge in [-0.3, -0.25) is 4.99 Å². The molecule has 1 aromatic heterocycles. The first-order valence-electron chi connectivity index (χ1n) is 7.95. The molecule has 0 saturated carbocycles. The number of aromatic nitrogens is 1. The van der Waals surface area contributed by atoms with Gasteiger partial charge in [-0.15, -0.1) is 11.3 Å². The van der Waals surface area contributed by atoms with Crippen LogP contribution in [0, 0.1) is 25.5 Å². The number of nitrogens with zero attached hydrogens (tertiary/aromatic N) is 2. The van der Waals surface area contributed by atoms with Crippen LogP contribution in [0.5, 0.6) is 5.75 Å². The van der Waals surface area contributed by atoms with Gasteiger partial charge in [0.25, 0.3) is 0 Å². The normalized spacial score (nSPS) is 11.5. The molecular weight excluding hydrogens is 346 g/mol. The molecule has 2 N–H and O–H groups in total. The zero-order valence-corrected chi connectivity index (χ0v) is 15.3. The van der Waals surface area contributed by atoms with Crippen LogP contribution in [0.15, 0.2) is 23.2 Å². The van der Waals surface area contributed by atoms with Gasteiger partial charge in [-0.1, -0.05) is 0 Å². The molecule has 0 bridgehead atoms. The Labute approximate surface area is 150 Å². The zero-order valence-electron chi connectivity index (χ0n) is 14.5. The van der Waals surface area contributed by atoms with E-state index in [4.69, 9.17) is 4.74 Å². The first kappa shape index (κ1) is 19.1. The highest BCUT2D eigenvalue weighted by Crippen LogP contribution is 2.17. The van der Waals surface area contributed by atoms with Crippen LogP contribution in [0.2, 0.25) is 0 Å². The summed E-state index contributed by atoms with van der Waals surface area (Å²) in [5.74, 6) is -0.666. The summed E-state index contributed by atoms with van der Waals surface area (Å²) in [5, 5.41) is 7.36. The van der Waals surface area contributed by atoms with Crippen LogP contribution in [-0.4, -0.2) is 37.7 Å². The molecular formula is C17H22F2N4OS. The second-order valence-electron chi connectivity index (χ2n) is 5.34. The molecule has 2 rings (SSSR count). The first-order valence-corrected chi connectivity index (χ1v) is 8.76. The third-order valence-corrected chi connectivity index (χ3v) is 4.55. The van der Waals surface area contributed by atoms with Crippen LogP contribution >= 0.6 is 11.3 Å². The van der Waals surface area contributed by atoms with Gasteiger partial charge in [-0.25, -0.2) is 13.8 Å². The molecule has 0 radical (unpaired) electrons. The second kappa shape index (κ2) is 9.31. The highest BCUT2D eigenvalue weighted by molar-refractivity contribution is 7.11. The number of benzene rings is 1. The summed E-state index contributed by atoms with van der Waals surface area (Å²) >= 11 is 1.70. The van der Waals surface area contributed by atoms with Crippen molar-refractivity contribution >= 4 is 17.3 Å². The Morgan fingerprint density at radius 1 is 1.24 bits per heavy atom. The van der Waals surface area contributed by atoms with E-state index in [1.807, 2.05) is 13.8 Å². The number of aryl methyl sites for hydroxylation is 2. The van der Waals surface area contributed by atoms with Crippen LogP contribution < -0.4 is 15.4 Å². The van der Waals surface area contributed by atoms with Crippen molar-refractivity contribution in [3.63, 3.8) is 0 Å². The van der Waals surface area contributed by atoms with Crippen molar-refractivity contribution in [1.82, 2.24) is 15.6 Å². The molecule has 25 heavy (non-hydrogen) atoms. The smallest absolute Gasteiger partial charge is 0.191 e. The predicted octanol–water partition coefficient (Wildman–Crippen LogP) is 2.82. The summed E-state index contributed by atoms with van der Waals surface area (Å²) in [6.45, 7) is 5.41. The lowest BCUT2D eigenvalue weighted by Gasteiger charge is -2.12. The monoisotopic (exact) mass is 368 g/mol. The molecule has 0 aliphatic rings. The lowest BCUT2D eigenvalue weighted by molar-refractivity contribution is 0.304. The van der Waals surface area contributed by atoms with Crippen molar-refractivity contribution in [3.8, 4) is 5.75 Å². The van der Waals surface area contributed by atoms with Crippen molar-refractivity contribution in [2.75, 3.05) is 26.7 Å². The highest BCUT2D eigenvalue weighted by atomic mass is 32.1. The maximum absolute atomic E-state index is 13.4. The van der Waals surface area contributed by atoms with E-state index in [1.54, 1.807) is 18.4 Å². The van der Waals surface area contributed by atoms with Crippen molar-refractivity contribution in [3.05, 3.63) is 45.4 Å². The molecule has 0 aliphatic carbocycles. The van der Waals surface area contributed by atoms with Crippen LogP contribution in [0.4, 0.5) is 8.78 Å². The number of halogens is 2. The number of hydrogen-bond donors (Lipinski definition) is 2. The van der Waals surface area contributed by atoms with Gasteiger partial charge in [0.15, 0.2) is 17.5 Å². The topological polar surface area (TPSA) is 58.5 Å². The molecule has 0 fully saturated rings. The largest absolute Gasteiger partial charge is 0.489 e. The molecule has 0 saturated heterocycles. The molecule has 0 spiro atoms. The number of nitrogens with one attached hydrogen (secondary N) is 2. The Kier molecular flexibility index (Phi) is 7.12. The highest BCUT2D eigenvalue weighted by Gasteiger charge is 2.06. The summed E-state index contributed by atoms with van der Waals surface area (Å²) in [7, 11) is 1.68. The summed E-state index contributed by atoms with van der Waals surface area (Å²) in [6.07, 6.45) is 0.870. The Morgan fingerprint density at radius 2 is 2.00 bits per heavy atom. The average molecular weight is 368 g/mol. The minimum Gasteiger partial charge on any atom is -0.489 e. The second-order valence-corrected chi connectivity index (χ2v) is 6.63. The quantitative estimate of drug-likeness (QED) is 0.448. The van der Waals surface area contributed by atoms with Crippen LogP contribution in [0.25, 0.3) is 0 Å². The van der Waals surface area contributed by atoms with Gasteiger partial charge in [0.1, 0.15) is 12.4 Å². The lowest BCUT2D eigenvalue weighted by Crippen LogP contribution is -2.40. The number of rotatable bonds is 7. The van der Waals surface area contributed by atoms with Crippen molar-refractivity contribution in [1.29, 1.82) is 0 Å². The van der Waals surface area contributed by atoms with Gasteiger partial charge in [-0.2, -0.15) is 0 Å². The Morgan fingerprint density at radius 3 is 2.64 bits per heavy atom. The molecule has 0 aliphatic heterocycles. The number of guanidine groups is 1. The maximum atomic E-state index is 13.4. The fourth-order valence-corrected chi connectivity index (χ4v) is 3.18. The minimum absolute atomic E-state index is 0.0298. The van der Waals surface area contributed by atoms with Crippen LogP contribution in [0.1, 0.15) is 15.6 Å². The molecule has 0 atom stereocenters. The summed E-state index contributed by atoms with van der Waals surface area (Å²) < 4.78 is 31.5. The first-order chi connectivity index (χ1) is 12.0. The number of ether oxygens (including phenoxy) is 1. The molecule has 2 aromatic rings. The van der Waals surface area contributed by atoms with E-state index in [0.717, 1.165) is 35.8 Å². The molecule has 8 heteroatoms. The molecule has 0 amide bonds. The van der Waals surface area contributed by atoms with E-state index in [0.29, 0.717) is 12.5 Å². The fourth-order valence-electron chi connectivity index (χ4n) is 2.24. The number of hydrogen-bond acceptors (Lipinski definition) is 4. The van der Waals surface area contributed by atoms with Crippen molar-refractivity contribution in [2.45, 2.75) is 20.3 Å².